The first-order chi connectivity index (χ1) is 14.4. The number of carboxylic acids is 1. The van der Waals surface area contributed by atoms with Crippen LogP contribution in [0.5, 0.6) is 0 Å². The van der Waals surface area contributed by atoms with Crippen LogP contribution in [0.1, 0.15) is 12.1 Å². The van der Waals surface area contributed by atoms with Gasteiger partial charge in [0, 0.05) is 23.7 Å². The van der Waals surface area contributed by atoms with E-state index < -0.39 is 29.2 Å². The van der Waals surface area contributed by atoms with Gasteiger partial charge in [-0.25, -0.2) is 9.78 Å². The first-order valence-electron chi connectivity index (χ1n) is 9.04. The topological polar surface area (TPSA) is 156 Å². The van der Waals surface area contributed by atoms with Gasteiger partial charge in [-0.2, -0.15) is 0 Å². The van der Waals surface area contributed by atoms with Gasteiger partial charge in [-0.05, 0) is 12.0 Å². The molecule has 1 aromatic heterocycles. The van der Waals surface area contributed by atoms with Crippen molar-refractivity contribution in [1.29, 1.82) is 0 Å². The zero-order chi connectivity index (χ0) is 21.4. The van der Waals surface area contributed by atoms with Crippen molar-refractivity contribution < 1.29 is 29.1 Å². The van der Waals surface area contributed by atoms with E-state index in [9.17, 15) is 19.5 Å². The molecule has 13 heteroatoms. The minimum Gasteiger partial charge on any atom is -0.477 e. The maximum Gasteiger partial charge on any atom is 0.352 e. The molecule has 30 heavy (non-hydrogen) atoms. The molecule has 3 aliphatic rings. The zero-order valence-corrected chi connectivity index (χ0v) is 17.5. The van der Waals surface area contributed by atoms with Crippen LogP contribution in [0.25, 0.3) is 0 Å². The number of nitrogens with two attached hydrogens (primary N) is 1. The summed E-state index contributed by atoms with van der Waals surface area (Å²) in [4.78, 5) is 47.4. The maximum absolute atomic E-state index is 12.8. The SMILES string of the molecule is CO/N=C(\C(=O)N[C@@H]1C(=O)N2C(C(=O)O)=C(C3CCOC3)CS[C@H]12)c1csc(N)n1. The molecule has 4 heterocycles. The number of aliphatic carboxylic acids is 1. The van der Waals surface area contributed by atoms with Crippen molar-refractivity contribution in [3.05, 3.63) is 22.3 Å². The normalized spacial score (nSPS) is 26.3. The van der Waals surface area contributed by atoms with Crippen molar-refractivity contribution in [3.8, 4) is 0 Å². The van der Waals surface area contributed by atoms with Gasteiger partial charge in [-0.1, -0.05) is 5.16 Å². The van der Waals surface area contributed by atoms with Gasteiger partial charge < -0.3 is 25.7 Å². The predicted molar refractivity (Wildman–Crippen MR) is 109 cm³/mol. The number of fused-ring (bicyclic) bond motifs is 1. The minimum absolute atomic E-state index is 0.00260. The quantitative estimate of drug-likeness (QED) is 0.303. The van der Waals surface area contributed by atoms with Crippen LogP contribution in [0.2, 0.25) is 0 Å². The van der Waals surface area contributed by atoms with Crippen molar-refractivity contribution in [2.45, 2.75) is 17.8 Å². The number of amides is 2. The van der Waals surface area contributed by atoms with Gasteiger partial charge >= 0.3 is 5.97 Å². The molecule has 2 saturated heterocycles. The molecule has 0 saturated carbocycles. The Balaban J connectivity index is 1.53. The molecule has 11 nitrogen and oxygen atoms in total. The number of oxime groups is 1. The van der Waals surface area contributed by atoms with Crippen LogP contribution >= 0.6 is 23.1 Å². The number of nitrogens with one attached hydrogen (secondary N) is 1. The molecule has 0 spiro atoms. The van der Waals surface area contributed by atoms with Crippen molar-refractivity contribution in [2.24, 2.45) is 11.1 Å². The predicted octanol–water partition coefficient (Wildman–Crippen LogP) is -0.149. The average Bonchev–Trinajstić information content (AvgIpc) is 3.40. The lowest BCUT2D eigenvalue weighted by atomic mass is 9.94. The van der Waals surface area contributed by atoms with Gasteiger partial charge in [0.2, 0.25) is 0 Å². The van der Waals surface area contributed by atoms with E-state index in [1.165, 1.54) is 23.8 Å². The second-order valence-electron chi connectivity index (χ2n) is 6.79. The number of thiazole rings is 1. The highest BCUT2D eigenvalue weighted by atomic mass is 32.2. The number of nitrogens with zero attached hydrogens (tertiary/aromatic N) is 3. The van der Waals surface area contributed by atoms with Crippen LogP contribution in [0.15, 0.2) is 21.8 Å². The van der Waals surface area contributed by atoms with E-state index in [4.69, 9.17) is 15.3 Å². The molecule has 1 aromatic rings. The third-order valence-corrected chi connectivity index (χ3v) is 7.05. The summed E-state index contributed by atoms with van der Waals surface area (Å²) in [7, 11) is 1.29. The lowest BCUT2D eigenvalue weighted by Crippen LogP contribution is -2.71. The molecule has 3 aliphatic heterocycles. The lowest BCUT2D eigenvalue weighted by molar-refractivity contribution is -0.150. The molecule has 0 radical (unpaired) electrons. The first kappa shape index (κ1) is 20.6. The monoisotopic (exact) mass is 453 g/mol. The third-order valence-electron chi connectivity index (χ3n) is 5.07. The van der Waals surface area contributed by atoms with E-state index in [-0.39, 0.29) is 28.2 Å². The Bertz CT molecular complexity index is 954. The Morgan fingerprint density at radius 2 is 2.30 bits per heavy atom. The summed E-state index contributed by atoms with van der Waals surface area (Å²) in [5.41, 5.74) is 6.44. The Morgan fingerprint density at radius 3 is 2.90 bits per heavy atom. The number of anilines is 1. The summed E-state index contributed by atoms with van der Waals surface area (Å²) in [6, 6.07) is -0.878. The minimum atomic E-state index is -1.15. The van der Waals surface area contributed by atoms with Crippen molar-refractivity contribution in [3.63, 3.8) is 0 Å². The van der Waals surface area contributed by atoms with Crippen LogP contribution in [0.4, 0.5) is 5.13 Å². The van der Waals surface area contributed by atoms with Crippen LogP contribution in [0, 0.1) is 5.92 Å². The molecule has 0 aliphatic carbocycles. The zero-order valence-electron chi connectivity index (χ0n) is 15.9. The van der Waals surface area contributed by atoms with Crippen molar-refractivity contribution in [1.82, 2.24) is 15.2 Å². The summed E-state index contributed by atoms with van der Waals surface area (Å²) in [6.45, 7) is 1.03. The smallest absolute Gasteiger partial charge is 0.352 e. The van der Waals surface area contributed by atoms with E-state index >= 15 is 0 Å². The van der Waals surface area contributed by atoms with Gasteiger partial charge in [0.25, 0.3) is 11.8 Å². The first-order valence-corrected chi connectivity index (χ1v) is 11.0. The molecular weight excluding hydrogens is 434 g/mol. The van der Waals surface area contributed by atoms with E-state index in [1.807, 2.05) is 0 Å². The molecule has 4 rings (SSSR count). The molecule has 0 bridgehead atoms. The number of ether oxygens (including phenoxy) is 1. The fourth-order valence-electron chi connectivity index (χ4n) is 3.67. The fraction of sp³-hybridized carbons (Fsp3) is 0.471. The molecular formula is C17H19N5O6S2. The van der Waals surface area contributed by atoms with Crippen LogP contribution < -0.4 is 11.1 Å². The van der Waals surface area contributed by atoms with Crippen LogP contribution in [-0.4, -0.2) is 76.0 Å². The Kier molecular flexibility index (Phi) is 5.66. The van der Waals surface area contributed by atoms with E-state index in [0.717, 1.165) is 17.8 Å². The van der Waals surface area contributed by atoms with Crippen LogP contribution in [-0.2, 0) is 24.0 Å². The number of nitrogen functional groups attached to an aromatic ring is 1. The number of aromatic nitrogens is 1. The second kappa shape index (κ2) is 8.24. The second-order valence-corrected chi connectivity index (χ2v) is 8.79. The van der Waals surface area contributed by atoms with Gasteiger partial charge in [-0.3, -0.25) is 14.5 Å². The average molecular weight is 454 g/mol. The molecule has 4 N–H and O–H groups in total. The number of hydrogen-bond acceptors (Lipinski definition) is 10. The van der Waals surface area contributed by atoms with Gasteiger partial charge in [0.15, 0.2) is 10.8 Å². The Morgan fingerprint density at radius 1 is 1.50 bits per heavy atom. The molecule has 2 amide bonds. The van der Waals surface area contributed by atoms with Gasteiger partial charge in [0.05, 0.1) is 6.61 Å². The number of β-lactam (4-membered cyclic amide) rings is 1. The number of rotatable bonds is 6. The number of carbonyl (C=O) groups excluding carboxylic acids is 2. The maximum atomic E-state index is 12.8. The molecule has 0 aromatic carbocycles. The lowest BCUT2D eigenvalue weighted by Gasteiger charge is -2.50. The van der Waals surface area contributed by atoms with Gasteiger partial charge in [-0.15, -0.1) is 23.1 Å². The summed E-state index contributed by atoms with van der Waals surface area (Å²) in [5, 5.41) is 17.4. The highest BCUT2D eigenvalue weighted by Crippen LogP contribution is 2.43. The summed E-state index contributed by atoms with van der Waals surface area (Å²) in [6.07, 6.45) is 0.729. The molecule has 3 atom stereocenters. The van der Waals surface area contributed by atoms with Crippen molar-refractivity contribution in [2.75, 3.05) is 31.8 Å². The van der Waals surface area contributed by atoms with Crippen LogP contribution in [0.3, 0.4) is 0 Å². The van der Waals surface area contributed by atoms with E-state index in [0.29, 0.717) is 24.5 Å². The standard InChI is InChI=1S/C17H19N5O6S2/c1-27-21-10(9-6-30-17(18)19-9)13(23)20-11-14(24)22-12(16(25)26)8(5-29-15(11)22)7-2-3-28-4-7/h6-7,11,15H,2-5H2,1H3,(H2,18,19)(H,20,23)(H,25,26)/b21-10-/t7?,11-,15-/m1/s1. The fourth-order valence-corrected chi connectivity index (χ4v) is 5.67. The van der Waals surface area contributed by atoms with Crippen molar-refractivity contribution >= 4 is 51.7 Å². The number of thioether (sulfide) groups is 1. The van der Waals surface area contributed by atoms with E-state index in [1.54, 1.807) is 5.38 Å². The molecule has 1 unspecified atom stereocenters. The highest BCUT2D eigenvalue weighted by molar-refractivity contribution is 8.00. The number of carbonyl (C=O) groups is 3. The molecule has 160 valence electrons. The largest absolute Gasteiger partial charge is 0.477 e. The highest BCUT2D eigenvalue weighted by Gasteiger charge is 2.55. The summed E-state index contributed by atoms with van der Waals surface area (Å²) < 4.78 is 5.38. The van der Waals surface area contributed by atoms with E-state index in [2.05, 4.69) is 15.5 Å². The third kappa shape index (κ3) is 3.52. The number of carboxylic acid groups (broad SMARTS) is 1. The molecule has 2 fully saturated rings. The summed E-state index contributed by atoms with van der Waals surface area (Å²) >= 11 is 2.56. The van der Waals surface area contributed by atoms with Gasteiger partial charge in [0.1, 0.15) is 29.9 Å². The Labute approximate surface area is 179 Å². The number of hydrogen-bond donors (Lipinski definition) is 3. The summed E-state index contributed by atoms with van der Waals surface area (Å²) in [5.74, 6) is -1.85. The Hall–Kier alpha value is -2.64.